The van der Waals surface area contributed by atoms with Gasteiger partial charge < -0.3 is 24.6 Å². The lowest BCUT2D eigenvalue weighted by Crippen LogP contribution is -2.29. The lowest BCUT2D eigenvalue weighted by atomic mass is 10.1. The van der Waals surface area contributed by atoms with Crippen molar-refractivity contribution in [2.24, 2.45) is 0 Å². The number of phosphoric acid groups is 1. The van der Waals surface area contributed by atoms with Gasteiger partial charge in [-0.15, -0.1) is 0 Å². The lowest BCUT2D eigenvalue weighted by Gasteiger charge is -2.20. The summed E-state index contributed by atoms with van der Waals surface area (Å²) in [6.07, 6.45) is 39.3. The highest BCUT2D eigenvalue weighted by atomic mass is 31.2. The van der Waals surface area contributed by atoms with E-state index in [0.717, 1.165) is 70.6 Å². The minimum Gasteiger partial charge on any atom is -0.462 e. The van der Waals surface area contributed by atoms with Crippen LogP contribution in [0.3, 0.4) is 0 Å². The summed E-state index contributed by atoms with van der Waals surface area (Å²) in [7, 11) is -4.63. The first kappa shape index (κ1) is 50.9. The Kier molecular flexibility index (Phi) is 36.7. The summed E-state index contributed by atoms with van der Waals surface area (Å²) in [5.41, 5.74) is 0. The molecular weight excluding hydrogens is 695 g/mol. The molecule has 0 aromatic heterocycles. The van der Waals surface area contributed by atoms with E-state index in [1.807, 2.05) is 0 Å². The van der Waals surface area contributed by atoms with E-state index in [1.165, 1.54) is 57.8 Å². The fourth-order valence-corrected chi connectivity index (χ4v) is 6.02. The van der Waals surface area contributed by atoms with Gasteiger partial charge >= 0.3 is 19.8 Å². The molecule has 10 nitrogen and oxygen atoms in total. The van der Waals surface area contributed by atoms with Crippen molar-refractivity contribution in [2.75, 3.05) is 26.4 Å². The summed E-state index contributed by atoms with van der Waals surface area (Å²) in [6, 6.07) is 0. The van der Waals surface area contributed by atoms with Crippen LogP contribution in [0.15, 0.2) is 48.6 Å². The third kappa shape index (κ3) is 38.0. The Labute approximate surface area is 322 Å². The number of rotatable bonds is 38. The average molecular weight is 771 g/mol. The average Bonchev–Trinajstić information content (AvgIpc) is 3.14. The Morgan fingerprint density at radius 1 is 0.566 bits per heavy atom. The molecule has 3 N–H and O–H groups in total. The first-order chi connectivity index (χ1) is 25.7. The van der Waals surface area contributed by atoms with Crippen LogP contribution in [0.2, 0.25) is 0 Å². The monoisotopic (exact) mass is 771 g/mol. The van der Waals surface area contributed by atoms with Crippen molar-refractivity contribution in [2.45, 2.75) is 180 Å². The van der Waals surface area contributed by atoms with Crippen molar-refractivity contribution in [3.8, 4) is 0 Å². The van der Waals surface area contributed by atoms with Gasteiger partial charge in [0, 0.05) is 12.8 Å². The second-order valence-corrected chi connectivity index (χ2v) is 15.1. The second-order valence-electron chi connectivity index (χ2n) is 13.7. The van der Waals surface area contributed by atoms with Gasteiger partial charge in [-0.3, -0.25) is 18.6 Å². The molecule has 0 aliphatic rings. The molecule has 0 aromatic rings. The molecule has 0 aliphatic heterocycles. The quantitative estimate of drug-likeness (QED) is 0.0240. The van der Waals surface area contributed by atoms with Gasteiger partial charge in [0.25, 0.3) is 0 Å². The summed E-state index contributed by atoms with van der Waals surface area (Å²) in [5, 5.41) is 18.3. The molecule has 0 aliphatic carbocycles. The van der Waals surface area contributed by atoms with Gasteiger partial charge in [-0.25, -0.2) is 4.57 Å². The number of unbranched alkanes of at least 4 members (excludes halogenated alkanes) is 16. The second kappa shape index (κ2) is 38.2. The Hall–Kier alpha value is -2.07. The van der Waals surface area contributed by atoms with Gasteiger partial charge in [0.1, 0.15) is 12.7 Å². The zero-order chi connectivity index (χ0) is 39.1. The van der Waals surface area contributed by atoms with E-state index in [0.29, 0.717) is 12.8 Å². The maximum atomic E-state index is 12.6. The molecule has 11 heteroatoms. The molecule has 0 spiro atoms. The number of aliphatic hydroxyl groups excluding tert-OH is 2. The number of carbonyl (C=O) groups is 2. The van der Waals surface area contributed by atoms with Crippen LogP contribution in [-0.4, -0.2) is 65.7 Å². The van der Waals surface area contributed by atoms with Gasteiger partial charge in [0.15, 0.2) is 6.10 Å². The van der Waals surface area contributed by atoms with E-state index in [9.17, 15) is 24.2 Å². The van der Waals surface area contributed by atoms with Crippen LogP contribution in [0.5, 0.6) is 0 Å². The molecule has 53 heavy (non-hydrogen) atoms. The van der Waals surface area contributed by atoms with Crippen molar-refractivity contribution < 1.29 is 47.8 Å². The Bertz CT molecular complexity index is 1030. The minimum absolute atomic E-state index is 0.165. The normalized spacial score (nSPS) is 14.4. The van der Waals surface area contributed by atoms with Crippen LogP contribution < -0.4 is 0 Å². The van der Waals surface area contributed by atoms with Crippen molar-refractivity contribution in [1.82, 2.24) is 0 Å². The summed E-state index contributed by atoms with van der Waals surface area (Å²) in [5.74, 6) is -0.982. The van der Waals surface area contributed by atoms with E-state index < -0.39 is 51.8 Å². The SMILES string of the molecule is CCCCCC=CCC=CCC=CCCCCC(=O)OCC(COP(=O)(O)OCC(O)CO)OC(=O)CCCCCCCC=CCCCCCCCC. The molecule has 3 atom stereocenters. The number of hydrogen-bond acceptors (Lipinski definition) is 9. The highest BCUT2D eigenvalue weighted by molar-refractivity contribution is 7.47. The van der Waals surface area contributed by atoms with Gasteiger partial charge in [-0.1, -0.05) is 127 Å². The fraction of sp³-hybridized carbons (Fsp3) is 0.762. The van der Waals surface area contributed by atoms with Crippen molar-refractivity contribution in [3.63, 3.8) is 0 Å². The molecule has 0 saturated carbocycles. The lowest BCUT2D eigenvalue weighted by molar-refractivity contribution is -0.161. The molecular formula is C42H75O10P. The molecule has 0 heterocycles. The maximum absolute atomic E-state index is 12.6. The zero-order valence-electron chi connectivity index (χ0n) is 33.2. The van der Waals surface area contributed by atoms with Gasteiger partial charge in [-0.2, -0.15) is 0 Å². The topological polar surface area (TPSA) is 149 Å². The molecule has 308 valence electrons. The van der Waals surface area contributed by atoms with E-state index in [-0.39, 0.29) is 19.4 Å². The van der Waals surface area contributed by atoms with Gasteiger partial charge in [0.05, 0.1) is 19.8 Å². The summed E-state index contributed by atoms with van der Waals surface area (Å²) in [4.78, 5) is 34.9. The molecule has 0 aromatic carbocycles. The van der Waals surface area contributed by atoms with Crippen molar-refractivity contribution in [1.29, 1.82) is 0 Å². The standard InChI is InChI=1S/C42H75O10P/c1-3-5-7-9-11-13-15-17-19-21-23-25-27-29-31-33-41(45)49-37-40(38-51-53(47,48)50-36-39(44)35-43)52-42(46)34-32-30-28-26-24-22-20-18-16-14-12-10-8-6-4-2/h11,13,17-20,23,25,39-40,43-44H,3-10,12,14-16,21-22,24,26-38H2,1-2H3,(H,47,48). The molecule has 0 amide bonds. The van der Waals surface area contributed by atoms with Crippen LogP contribution in [-0.2, 0) is 32.7 Å². The number of phosphoric ester groups is 1. The number of esters is 2. The molecule has 0 fully saturated rings. The first-order valence-electron chi connectivity index (χ1n) is 20.6. The number of hydrogen-bond donors (Lipinski definition) is 3. The van der Waals surface area contributed by atoms with E-state index in [2.05, 4.69) is 67.0 Å². The van der Waals surface area contributed by atoms with Crippen LogP contribution in [0, 0.1) is 0 Å². The number of aliphatic hydroxyl groups is 2. The molecule has 3 unspecified atom stereocenters. The molecule has 0 radical (unpaired) electrons. The fourth-order valence-electron chi connectivity index (χ4n) is 5.23. The molecule has 0 saturated heterocycles. The third-order valence-corrected chi connectivity index (χ3v) is 9.41. The first-order valence-corrected chi connectivity index (χ1v) is 22.1. The number of allylic oxidation sites excluding steroid dienone is 8. The predicted octanol–water partition coefficient (Wildman–Crippen LogP) is 10.6. The largest absolute Gasteiger partial charge is 0.472 e. The predicted molar refractivity (Wildman–Crippen MR) is 214 cm³/mol. The molecule has 0 rings (SSSR count). The van der Waals surface area contributed by atoms with Crippen LogP contribution >= 0.6 is 7.82 Å². The Morgan fingerprint density at radius 3 is 1.57 bits per heavy atom. The van der Waals surface area contributed by atoms with Crippen molar-refractivity contribution >= 4 is 19.8 Å². The summed E-state index contributed by atoms with van der Waals surface area (Å²) < 4.78 is 32.6. The highest BCUT2D eigenvalue weighted by Gasteiger charge is 2.27. The van der Waals surface area contributed by atoms with Gasteiger partial charge in [0.2, 0.25) is 0 Å². The highest BCUT2D eigenvalue weighted by Crippen LogP contribution is 2.43. The number of ether oxygens (including phenoxy) is 2. The molecule has 0 bridgehead atoms. The van der Waals surface area contributed by atoms with E-state index in [4.69, 9.17) is 19.1 Å². The Morgan fingerprint density at radius 2 is 0.981 bits per heavy atom. The van der Waals surface area contributed by atoms with E-state index >= 15 is 0 Å². The van der Waals surface area contributed by atoms with Crippen molar-refractivity contribution in [3.05, 3.63) is 48.6 Å². The van der Waals surface area contributed by atoms with Gasteiger partial charge in [-0.05, 0) is 77.0 Å². The third-order valence-electron chi connectivity index (χ3n) is 8.46. The zero-order valence-corrected chi connectivity index (χ0v) is 34.1. The van der Waals surface area contributed by atoms with E-state index in [1.54, 1.807) is 0 Å². The smallest absolute Gasteiger partial charge is 0.462 e. The summed E-state index contributed by atoms with van der Waals surface area (Å²) >= 11 is 0. The minimum atomic E-state index is -4.63. The van der Waals surface area contributed by atoms with Crippen LogP contribution in [0.25, 0.3) is 0 Å². The summed E-state index contributed by atoms with van der Waals surface area (Å²) in [6.45, 7) is 2.28. The maximum Gasteiger partial charge on any atom is 0.472 e. The van der Waals surface area contributed by atoms with Crippen LogP contribution in [0.1, 0.15) is 168 Å². The Balaban J connectivity index is 4.42. The van der Waals surface area contributed by atoms with Crippen LogP contribution in [0.4, 0.5) is 0 Å². The number of carbonyl (C=O) groups excluding carboxylic acids is 2.